The summed E-state index contributed by atoms with van der Waals surface area (Å²) < 4.78 is 6.56. The van der Waals surface area contributed by atoms with E-state index in [2.05, 4.69) is 4.98 Å². The summed E-state index contributed by atoms with van der Waals surface area (Å²) in [5.41, 5.74) is -0.234. The number of hydrogen-bond acceptors (Lipinski definition) is 5. The summed E-state index contributed by atoms with van der Waals surface area (Å²) in [6, 6.07) is 0.239. The standard InChI is InChI=1S/C12H17N3O4/c1-19-7-6-14(8-10(16)17)11-12(18)15(5-4-13-11)9-2-3-9/h4-5,9H,2-3,6-8H2,1H3,(H,16,17). The molecule has 1 aromatic rings. The van der Waals surface area contributed by atoms with Crippen LogP contribution in [0, 0.1) is 0 Å². The molecule has 0 aliphatic heterocycles. The lowest BCUT2D eigenvalue weighted by molar-refractivity contribution is -0.135. The van der Waals surface area contributed by atoms with Gasteiger partial charge in [0.15, 0.2) is 5.82 Å². The van der Waals surface area contributed by atoms with E-state index in [9.17, 15) is 9.59 Å². The van der Waals surface area contributed by atoms with Gasteiger partial charge in [0.1, 0.15) is 6.54 Å². The molecule has 19 heavy (non-hydrogen) atoms. The Morgan fingerprint density at radius 1 is 1.63 bits per heavy atom. The Morgan fingerprint density at radius 3 is 2.95 bits per heavy atom. The largest absolute Gasteiger partial charge is 0.480 e. The fourth-order valence-electron chi connectivity index (χ4n) is 1.90. The summed E-state index contributed by atoms with van der Waals surface area (Å²) in [7, 11) is 1.53. The zero-order valence-corrected chi connectivity index (χ0v) is 10.8. The van der Waals surface area contributed by atoms with E-state index in [1.165, 1.54) is 18.2 Å². The molecule has 1 aliphatic rings. The van der Waals surface area contributed by atoms with Crippen LogP contribution in [-0.2, 0) is 9.53 Å². The Hall–Kier alpha value is -1.89. The number of carboxylic acid groups (broad SMARTS) is 1. The monoisotopic (exact) mass is 267 g/mol. The number of methoxy groups -OCH3 is 1. The van der Waals surface area contributed by atoms with E-state index in [-0.39, 0.29) is 24.0 Å². The SMILES string of the molecule is COCCN(CC(=O)O)c1nccn(C2CC2)c1=O. The maximum Gasteiger partial charge on any atom is 0.323 e. The van der Waals surface area contributed by atoms with Gasteiger partial charge in [0.25, 0.3) is 5.56 Å². The smallest absolute Gasteiger partial charge is 0.323 e. The van der Waals surface area contributed by atoms with E-state index in [4.69, 9.17) is 9.84 Å². The van der Waals surface area contributed by atoms with Crippen molar-refractivity contribution in [2.24, 2.45) is 0 Å². The van der Waals surface area contributed by atoms with Gasteiger partial charge in [-0.15, -0.1) is 0 Å². The first-order valence-corrected chi connectivity index (χ1v) is 6.16. The Balaban J connectivity index is 2.26. The van der Waals surface area contributed by atoms with Gasteiger partial charge in [-0.25, -0.2) is 4.98 Å². The third-order valence-corrected chi connectivity index (χ3v) is 2.98. The zero-order valence-electron chi connectivity index (χ0n) is 10.8. The van der Waals surface area contributed by atoms with Crippen molar-refractivity contribution in [3.05, 3.63) is 22.7 Å². The van der Waals surface area contributed by atoms with Crippen molar-refractivity contribution in [1.29, 1.82) is 0 Å². The number of anilines is 1. The highest BCUT2D eigenvalue weighted by Crippen LogP contribution is 2.33. The first-order chi connectivity index (χ1) is 9.13. The average molecular weight is 267 g/mol. The van der Waals surface area contributed by atoms with Crippen molar-refractivity contribution in [1.82, 2.24) is 9.55 Å². The lowest BCUT2D eigenvalue weighted by Gasteiger charge is -2.21. The molecule has 0 unspecified atom stereocenters. The summed E-state index contributed by atoms with van der Waals surface area (Å²) in [5.74, 6) is -0.826. The molecule has 1 heterocycles. The van der Waals surface area contributed by atoms with Crippen LogP contribution in [0.15, 0.2) is 17.2 Å². The normalized spacial score (nSPS) is 14.4. The van der Waals surface area contributed by atoms with E-state index in [0.717, 1.165) is 12.8 Å². The van der Waals surface area contributed by atoms with Gasteiger partial charge in [-0.1, -0.05) is 0 Å². The van der Waals surface area contributed by atoms with Gasteiger partial charge in [-0.3, -0.25) is 9.59 Å². The summed E-state index contributed by atoms with van der Waals surface area (Å²) in [4.78, 5) is 28.6. The Bertz CT molecular complexity index is 510. The van der Waals surface area contributed by atoms with Gasteiger partial charge >= 0.3 is 5.97 Å². The second kappa shape index (κ2) is 5.83. The minimum absolute atomic E-state index is 0.175. The van der Waals surface area contributed by atoms with Crippen molar-refractivity contribution < 1.29 is 14.6 Å². The molecule has 1 aliphatic carbocycles. The molecule has 0 spiro atoms. The molecule has 0 saturated heterocycles. The molecule has 7 nitrogen and oxygen atoms in total. The van der Waals surface area contributed by atoms with E-state index >= 15 is 0 Å². The molecule has 1 N–H and O–H groups in total. The Labute approximate surface area is 110 Å². The molecular weight excluding hydrogens is 250 g/mol. The van der Waals surface area contributed by atoms with Crippen molar-refractivity contribution in [3.63, 3.8) is 0 Å². The molecule has 104 valence electrons. The predicted octanol–water partition coefficient (Wildman–Crippen LogP) is 0.116. The molecule has 0 radical (unpaired) electrons. The minimum Gasteiger partial charge on any atom is -0.480 e. The fraction of sp³-hybridized carbons (Fsp3) is 0.583. The first-order valence-electron chi connectivity index (χ1n) is 6.16. The lowest BCUT2D eigenvalue weighted by Crippen LogP contribution is -2.38. The Morgan fingerprint density at radius 2 is 2.37 bits per heavy atom. The van der Waals surface area contributed by atoms with Crippen LogP contribution < -0.4 is 10.5 Å². The summed E-state index contributed by atoms with van der Waals surface area (Å²) in [6.45, 7) is 0.396. The molecule has 0 atom stereocenters. The quantitative estimate of drug-likeness (QED) is 0.755. The third kappa shape index (κ3) is 3.31. The molecule has 0 bridgehead atoms. The maximum absolute atomic E-state index is 12.3. The van der Waals surface area contributed by atoms with E-state index in [1.54, 1.807) is 10.8 Å². The van der Waals surface area contributed by atoms with E-state index < -0.39 is 5.97 Å². The number of hydrogen-bond donors (Lipinski definition) is 1. The van der Waals surface area contributed by atoms with Crippen LogP contribution in [0.5, 0.6) is 0 Å². The topological polar surface area (TPSA) is 84.7 Å². The van der Waals surface area contributed by atoms with E-state index in [1.807, 2.05) is 0 Å². The third-order valence-electron chi connectivity index (χ3n) is 2.98. The number of nitrogens with zero attached hydrogens (tertiary/aromatic N) is 3. The Kier molecular flexibility index (Phi) is 4.16. The number of carboxylic acids is 1. The molecule has 1 aromatic heterocycles. The highest BCUT2D eigenvalue weighted by atomic mass is 16.5. The van der Waals surface area contributed by atoms with Crippen molar-refractivity contribution >= 4 is 11.8 Å². The zero-order chi connectivity index (χ0) is 13.8. The lowest BCUT2D eigenvalue weighted by atomic mass is 10.4. The van der Waals surface area contributed by atoms with Gasteiger partial charge in [0.2, 0.25) is 0 Å². The van der Waals surface area contributed by atoms with Crippen molar-refractivity contribution in [2.45, 2.75) is 18.9 Å². The van der Waals surface area contributed by atoms with E-state index in [0.29, 0.717) is 13.2 Å². The number of ether oxygens (including phenoxy) is 1. The molecule has 2 rings (SSSR count). The molecule has 1 fully saturated rings. The molecule has 1 saturated carbocycles. The van der Waals surface area contributed by atoms with Gasteiger partial charge in [-0.2, -0.15) is 0 Å². The molecule has 0 aromatic carbocycles. The minimum atomic E-state index is -1.00. The average Bonchev–Trinajstić information content (AvgIpc) is 3.19. The number of carbonyl (C=O) groups is 1. The number of aromatic nitrogens is 2. The maximum atomic E-state index is 12.3. The first kappa shape index (κ1) is 13.5. The molecular formula is C12H17N3O4. The molecule has 7 heteroatoms. The van der Waals surface area contributed by atoms with Gasteiger partial charge < -0.3 is 19.3 Å². The van der Waals surface area contributed by atoms with Crippen LogP contribution in [0.25, 0.3) is 0 Å². The summed E-state index contributed by atoms with van der Waals surface area (Å²) in [5, 5.41) is 8.91. The molecule has 0 amide bonds. The van der Waals surface area contributed by atoms with Crippen LogP contribution in [0.4, 0.5) is 5.82 Å². The second-order valence-corrected chi connectivity index (χ2v) is 4.50. The number of aliphatic carboxylic acids is 1. The van der Waals surface area contributed by atoms with Crippen LogP contribution in [-0.4, -0.2) is 47.4 Å². The van der Waals surface area contributed by atoms with Crippen LogP contribution in [0.1, 0.15) is 18.9 Å². The summed E-state index contributed by atoms with van der Waals surface area (Å²) >= 11 is 0. The van der Waals surface area contributed by atoms with Gasteiger partial charge in [0.05, 0.1) is 6.61 Å². The highest BCUT2D eigenvalue weighted by molar-refractivity contribution is 5.73. The van der Waals surface area contributed by atoms with Crippen LogP contribution in [0.3, 0.4) is 0 Å². The number of rotatable bonds is 7. The van der Waals surface area contributed by atoms with Crippen molar-refractivity contribution in [3.8, 4) is 0 Å². The fourth-order valence-corrected chi connectivity index (χ4v) is 1.90. The highest BCUT2D eigenvalue weighted by Gasteiger charge is 2.26. The predicted molar refractivity (Wildman–Crippen MR) is 68.5 cm³/mol. The van der Waals surface area contributed by atoms with Gasteiger partial charge in [-0.05, 0) is 12.8 Å². The van der Waals surface area contributed by atoms with Gasteiger partial charge in [0, 0.05) is 32.1 Å². The second-order valence-electron chi connectivity index (χ2n) is 4.50. The van der Waals surface area contributed by atoms with Crippen molar-refractivity contribution in [2.75, 3.05) is 31.7 Å². The van der Waals surface area contributed by atoms with Crippen LogP contribution in [0.2, 0.25) is 0 Å². The van der Waals surface area contributed by atoms with Crippen LogP contribution >= 0.6 is 0 Å². The summed E-state index contributed by atoms with van der Waals surface area (Å²) in [6.07, 6.45) is 5.16.